The summed E-state index contributed by atoms with van der Waals surface area (Å²) in [6.07, 6.45) is 19.9. The highest BCUT2D eigenvalue weighted by atomic mass is 19.3. The first kappa shape index (κ1) is 23.1. The van der Waals surface area contributed by atoms with E-state index in [1.54, 1.807) is 12.1 Å². The zero-order valence-corrected chi connectivity index (χ0v) is 19.4. The highest BCUT2D eigenvalue weighted by molar-refractivity contribution is 5.29. The SMILES string of the molecule is CCCCCC1CCC2CC(C3CCC(c4ccc(OC(F)F)cc4)CC3)CCC2C1. The van der Waals surface area contributed by atoms with Gasteiger partial charge in [0.15, 0.2) is 0 Å². The summed E-state index contributed by atoms with van der Waals surface area (Å²) in [5, 5.41) is 0. The quantitative estimate of drug-likeness (QED) is 0.372. The Bertz CT molecular complexity index is 649. The fraction of sp³-hybridized carbons (Fsp3) is 0.786. The molecule has 0 amide bonds. The molecule has 174 valence electrons. The zero-order chi connectivity index (χ0) is 21.6. The van der Waals surface area contributed by atoms with E-state index in [-0.39, 0.29) is 5.75 Å². The van der Waals surface area contributed by atoms with E-state index in [1.165, 1.54) is 95.5 Å². The van der Waals surface area contributed by atoms with Gasteiger partial charge in [0.1, 0.15) is 5.75 Å². The maximum Gasteiger partial charge on any atom is 0.387 e. The highest BCUT2D eigenvalue weighted by Gasteiger charge is 2.38. The van der Waals surface area contributed by atoms with Gasteiger partial charge < -0.3 is 4.74 Å². The maximum absolute atomic E-state index is 12.4. The van der Waals surface area contributed by atoms with Crippen LogP contribution in [-0.2, 0) is 0 Å². The molecule has 1 aromatic rings. The molecule has 4 unspecified atom stereocenters. The molecule has 0 N–H and O–H groups in total. The Kier molecular flexibility index (Phi) is 8.29. The van der Waals surface area contributed by atoms with Crippen molar-refractivity contribution < 1.29 is 13.5 Å². The molecule has 0 aliphatic heterocycles. The predicted molar refractivity (Wildman–Crippen MR) is 124 cm³/mol. The van der Waals surface area contributed by atoms with E-state index in [4.69, 9.17) is 0 Å². The molecule has 0 heterocycles. The monoisotopic (exact) mass is 432 g/mol. The molecule has 0 spiro atoms. The lowest BCUT2D eigenvalue weighted by Crippen LogP contribution is -2.34. The van der Waals surface area contributed by atoms with Gasteiger partial charge in [0.2, 0.25) is 0 Å². The molecule has 0 aromatic heterocycles. The van der Waals surface area contributed by atoms with Gasteiger partial charge in [-0.1, -0.05) is 51.2 Å². The van der Waals surface area contributed by atoms with Crippen LogP contribution < -0.4 is 4.74 Å². The Balaban J connectivity index is 1.21. The molecule has 3 aliphatic rings. The Morgan fingerprint density at radius 2 is 1.39 bits per heavy atom. The van der Waals surface area contributed by atoms with Crippen LogP contribution in [0.25, 0.3) is 0 Å². The molecule has 3 aliphatic carbocycles. The Morgan fingerprint density at radius 1 is 0.774 bits per heavy atom. The Hall–Kier alpha value is -1.12. The van der Waals surface area contributed by atoms with Crippen LogP contribution in [0, 0.1) is 29.6 Å². The average molecular weight is 433 g/mol. The average Bonchev–Trinajstić information content (AvgIpc) is 2.79. The summed E-state index contributed by atoms with van der Waals surface area (Å²) < 4.78 is 29.2. The first-order valence-electron chi connectivity index (χ1n) is 13.2. The van der Waals surface area contributed by atoms with Crippen molar-refractivity contribution in [1.29, 1.82) is 0 Å². The molecule has 0 radical (unpaired) electrons. The minimum Gasteiger partial charge on any atom is -0.435 e. The normalized spacial score (nSPS) is 33.8. The van der Waals surface area contributed by atoms with Crippen molar-refractivity contribution >= 4 is 0 Å². The van der Waals surface area contributed by atoms with Gasteiger partial charge in [0.05, 0.1) is 0 Å². The number of fused-ring (bicyclic) bond motifs is 1. The largest absolute Gasteiger partial charge is 0.435 e. The third-order valence-electron chi connectivity index (χ3n) is 8.99. The summed E-state index contributed by atoms with van der Waals surface area (Å²) in [7, 11) is 0. The summed E-state index contributed by atoms with van der Waals surface area (Å²) in [4.78, 5) is 0. The number of rotatable bonds is 8. The first-order valence-corrected chi connectivity index (χ1v) is 13.2. The van der Waals surface area contributed by atoms with Gasteiger partial charge in [-0.05, 0) is 111 Å². The van der Waals surface area contributed by atoms with E-state index in [1.807, 2.05) is 12.1 Å². The molecular formula is C28H42F2O. The van der Waals surface area contributed by atoms with E-state index in [2.05, 4.69) is 11.7 Å². The Labute approximate surface area is 188 Å². The molecule has 3 fully saturated rings. The molecule has 1 aromatic carbocycles. The van der Waals surface area contributed by atoms with Crippen LogP contribution in [0.15, 0.2) is 24.3 Å². The number of ether oxygens (including phenoxy) is 1. The fourth-order valence-electron chi connectivity index (χ4n) is 7.24. The van der Waals surface area contributed by atoms with E-state index >= 15 is 0 Å². The van der Waals surface area contributed by atoms with Crippen LogP contribution in [-0.4, -0.2) is 6.61 Å². The third-order valence-corrected chi connectivity index (χ3v) is 8.99. The van der Waals surface area contributed by atoms with Crippen LogP contribution in [0.1, 0.15) is 108 Å². The van der Waals surface area contributed by atoms with Crippen molar-refractivity contribution in [3.05, 3.63) is 29.8 Å². The van der Waals surface area contributed by atoms with Gasteiger partial charge >= 0.3 is 6.61 Å². The number of hydrogen-bond donors (Lipinski definition) is 0. The lowest BCUT2D eigenvalue weighted by molar-refractivity contribution is -0.0498. The van der Waals surface area contributed by atoms with E-state index in [0.29, 0.717) is 5.92 Å². The minimum atomic E-state index is -2.74. The van der Waals surface area contributed by atoms with Gasteiger partial charge in [-0.3, -0.25) is 0 Å². The maximum atomic E-state index is 12.4. The molecule has 4 atom stereocenters. The van der Waals surface area contributed by atoms with Crippen molar-refractivity contribution in [3.63, 3.8) is 0 Å². The summed E-state index contributed by atoms with van der Waals surface area (Å²) in [6, 6.07) is 7.39. The molecule has 31 heavy (non-hydrogen) atoms. The zero-order valence-electron chi connectivity index (χ0n) is 19.4. The molecule has 4 rings (SSSR count). The first-order chi connectivity index (χ1) is 15.1. The third kappa shape index (κ3) is 6.23. The second-order valence-corrected chi connectivity index (χ2v) is 10.8. The topological polar surface area (TPSA) is 9.23 Å². The van der Waals surface area contributed by atoms with Gasteiger partial charge in [-0.25, -0.2) is 0 Å². The van der Waals surface area contributed by atoms with E-state index < -0.39 is 6.61 Å². The number of hydrogen-bond acceptors (Lipinski definition) is 1. The minimum absolute atomic E-state index is 0.268. The van der Waals surface area contributed by atoms with Crippen LogP contribution in [0.4, 0.5) is 8.78 Å². The molecule has 3 saturated carbocycles. The van der Waals surface area contributed by atoms with Crippen molar-refractivity contribution in [3.8, 4) is 5.75 Å². The van der Waals surface area contributed by atoms with Gasteiger partial charge in [-0.15, -0.1) is 0 Å². The fourth-order valence-corrected chi connectivity index (χ4v) is 7.24. The molecule has 3 heteroatoms. The lowest BCUT2D eigenvalue weighted by Gasteiger charge is -2.45. The second kappa shape index (κ2) is 11.1. The van der Waals surface area contributed by atoms with Gasteiger partial charge in [-0.2, -0.15) is 8.78 Å². The van der Waals surface area contributed by atoms with Crippen molar-refractivity contribution in [2.75, 3.05) is 0 Å². The second-order valence-electron chi connectivity index (χ2n) is 10.8. The van der Waals surface area contributed by atoms with Gasteiger partial charge in [0.25, 0.3) is 0 Å². The van der Waals surface area contributed by atoms with Crippen LogP contribution in [0.2, 0.25) is 0 Å². The number of benzene rings is 1. The molecular weight excluding hydrogens is 390 g/mol. The number of halogens is 2. The van der Waals surface area contributed by atoms with Crippen LogP contribution >= 0.6 is 0 Å². The van der Waals surface area contributed by atoms with Crippen molar-refractivity contribution in [2.24, 2.45) is 29.6 Å². The predicted octanol–water partition coefficient (Wildman–Crippen LogP) is 8.97. The van der Waals surface area contributed by atoms with E-state index in [9.17, 15) is 8.78 Å². The van der Waals surface area contributed by atoms with Crippen molar-refractivity contribution in [2.45, 2.75) is 109 Å². The Morgan fingerprint density at radius 3 is 2.06 bits per heavy atom. The summed E-state index contributed by atoms with van der Waals surface area (Å²) in [6.45, 7) is -0.430. The summed E-state index contributed by atoms with van der Waals surface area (Å²) in [5.41, 5.74) is 1.30. The van der Waals surface area contributed by atoms with Crippen LogP contribution in [0.5, 0.6) is 5.75 Å². The molecule has 0 bridgehead atoms. The number of unbranched alkanes of at least 4 members (excludes halogenated alkanes) is 2. The summed E-state index contributed by atoms with van der Waals surface area (Å²) in [5.74, 6) is 5.80. The number of alkyl halides is 2. The molecule has 1 nitrogen and oxygen atoms in total. The van der Waals surface area contributed by atoms with Gasteiger partial charge in [0, 0.05) is 0 Å². The smallest absolute Gasteiger partial charge is 0.387 e. The van der Waals surface area contributed by atoms with Crippen molar-refractivity contribution in [1.82, 2.24) is 0 Å². The molecule has 0 saturated heterocycles. The highest BCUT2D eigenvalue weighted by Crippen LogP contribution is 2.50. The standard InChI is InChI=1S/C28H42F2O/c1-2-3-4-5-20-6-7-26-19-25(13-12-24(26)18-20)23-10-8-21(9-11-23)22-14-16-27(17-15-22)31-28(29)30/h14-17,20-21,23-26,28H,2-13,18-19H2,1H3. The van der Waals surface area contributed by atoms with Crippen LogP contribution in [0.3, 0.4) is 0 Å². The lowest BCUT2D eigenvalue weighted by atomic mass is 9.60. The van der Waals surface area contributed by atoms with E-state index in [0.717, 1.165) is 29.6 Å². The summed E-state index contributed by atoms with van der Waals surface area (Å²) >= 11 is 0.